The first-order valence-corrected chi connectivity index (χ1v) is 12.9. The molecule has 4 aromatic rings. The standard InChI is InChI=1S/C27H27ClF4N6O2/c1-3-38(4-2)11-10-33-26(39)24-23(27(30,31)32)22-20(36-24)14-34-37-25(22)35-18-8-9-21(19(28)13-18)40-15-16-6-5-7-17(29)12-16/h5-9,12-14,36H,3-4,10-11,15H2,1-2H3,(H,33,39)(H,35,37). The van der Waals surface area contributed by atoms with Gasteiger partial charge in [-0.1, -0.05) is 37.6 Å². The van der Waals surface area contributed by atoms with Crippen molar-refractivity contribution in [3.63, 3.8) is 0 Å². The highest BCUT2D eigenvalue weighted by Crippen LogP contribution is 2.41. The Bertz CT molecular complexity index is 1490. The van der Waals surface area contributed by atoms with Crippen LogP contribution in [0.2, 0.25) is 5.02 Å². The summed E-state index contributed by atoms with van der Waals surface area (Å²) >= 11 is 6.33. The second-order valence-electron chi connectivity index (χ2n) is 8.83. The van der Waals surface area contributed by atoms with Crippen LogP contribution < -0.4 is 15.4 Å². The molecular weight excluding hydrogens is 552 g/mol. The van der Waals surface area contributed by atoms with Gasteiger partial charge in [0.15, 0.2) is 5.82 Å². The molecule has 2 heterocycles. The van der Waals surface area contributed by atoms with Crippen molar-refractivity contribution in [3.05, 3.63) is 76.3 Å². The summed E-state index contributed by atoms with van der Waals surface area (Å²) in [6.45, 7) is 6.17. The van der Waals surface area contributed by atoms with E-state index in [9.17, 15) is 22.4 Å². The average molecular weight is 579 g/mol. The van der Waals surface area contributed by atoms with Crippen LogP contribution in [0.1, 0.15) is 35.5 Å². The number of nitrogens with zero attached hydrogens (tertiary/aromatic N) is 3. The number of likely N-dealkylation sites (N-methyl/N-ethyl adjacent to an activating group) is 1. The molecular formula is C27H27ClF4N6O2. The number of aromatic amines is 1. The third-order valence-corrected chi connectivity index (χ3v) is 6.50. The van der Waals surface area contributed by atoms with Crippen molar-refractivity contribution in [1.82, 2.24) is 25.4 Å². The number of fused-ring (bicyclic) bond motifs is 1. The molecule has 0 fully saturated rings. The van der Waals surface area contributed by atoms with Gasteiger partial charge in [-0.3, -0.25) is 4.79 Å². The molecule has 0 aliphatic rings. The first kappa shape index (κ1) is 29.1. The molecule has 0 aliphatic carbocycles. The highest BCUT2D eigenvalue weighted by atomic mass is 35.5. The Morgan fingerprint density at radius 3 is 2.60 bits per heavy atom. The molecule has 0 spiro atoms. The molecule has 0 bridgehead atoms. The Hall–Kier alpha value is -3.90. The number of rotatable bonds is 11. The summed E-state index contributed by atoms with van der Waals surface area (Å²) in [5.41, 5.74) is -0.884. The van der Waals surface area contributed by atoms with Gasteiger partial charge in [-0.05, 0) is 49.0 Å². The van der Waals surface area contributed by atoms with Crippen molar-refractivity contribution in [3.8, 4) is 5.75 Å². The van der Waals surface area contributed by atoms with E-state index in [1.54, 1.807) is 12.1 Å². The van der Waals surface area contributed by atoms with Crippen molar-refractivity contribution in [2.45, 2.75) is 26.6 Å². The lowest BCUT2D eigenvalue weighted by atomic mass is 10.1. The van der Waals surface area contributed by atoms with Crippen LogP contribution >= 0.6 is 11.6 Å². The lowest BCUT2D eigenvalue weighted by Gasteiger charge is -2.18. The minimum absolute atomic E-state index is 0.0140. The fraction of sp³-hybridized carbons (Fsp3) is 0.296. The molecule has 4 rings (SSSR count). The number of alkyl halides is 3. The molecule has 0 saturated carbocycles. The van der Waals surface area contributed by atoms with Crippen LogP contribution in [-0.2, 0) is 12.8 Å². The number of halogens is 5. The van der Waals surface area contributed by atoms with Gasteiger partial charge in [-0.15, -0.1) is 5.10 Å². The Balaban J connectivity index is 1.58. The minimum Gasteiger partial charge on any atom is -0.487 e. The third-order valence-electron chi connectivity index (χ3n) is 6.21. The molecule has 0 radical (unpaired) electrons. The van der Waals surface area contributed by atoms with Crippen LogP contribution in [0.5, 0.6) is 5.75 Å². The molecule has 0 unspecified atom stereocenters. The van der Waals surface area contributed by atoms with Gasteiger partial charge < -0.3 is 25.3 Å². The fourth-order valence-corrected chi connectivity index (χ4v) is 4.41. The van der Waals surface area contributed by atoms with E-state index in [0.29, 0.717) is 23.5 Å². The molecule has 2 aromatic heterocycles. The van der Waals surface area contributed by atoms with Crippen molar-refractivity contribution >= 4 is 39.9 Å². The molecule has 1 amide bonds. The van der Waals surface area contributed by atoms with E-state index >= 15 is 0 Å². The molecule has 3 N–H and O–H groups in total. The number of nitrogens with one attached hydrogen (secondary N) is 3. The number of benzene rings is 2. The molecule has 0 saturated heterocycles. The molecule has 2 aromatic carbocycles. The number of anilines is 2. The lowest BCUT2D eigenvalue weighted by molar-refractivity contribution is -0.136. The lowest BCUT2D eigenvalue weighted by Crippen LogP contribution is -2.35. The summed E-state index contributed by atoms with van der Waals surface area (Å²) in [5.74, 6) is -1.20. The molecule has 0 aliphatic heterocycles. The maximum absolute atomic E-state index is 14.3. The number of H-pyrrole nitrogens is 1. The molecule has 212 valence electrons. The Kier molecular flexibility index (Phi) is 9.10. The SMILES string of the molecule is CCN(CC)CCNC(=O)c1[nH]c2cnnc(Nc3ccc(OCc4cccc(F)c4)c(Cl)c3)c2c1C(F)(F)F. The van der Waals surface area contributed by atoms with E-state index in [1.165, 1.54) is 30.3 Å². The Morgan fingerprint density at radius 2 is 1.93 bits per heavy atom. The number of carbonyl (C=O) groups excluding carboxylic acids is 1. The predicted octanol–water partition coefficient (Wildman–Crippen LogP) is 6.16. The first-order valence-electron chi connectivity index (χ1n) is 12.5. The first-order chi connectivity index (χ1) is 19.1. The maximum atomic E-state index is 14.3. The van der Waals surface area contributed by atoms with Gasteiger partial charge in [0.2, 0.25) is 0 Å². The zero-order chi connectivity index (χ0) is 28.9. The van der Waals surface area contributed by atoms with E-state index in [1.807, 2.05) is 18.7 Å². The predicted molar refractivity (Wildman–Crippen MR) is 144 cm³/mol. The highest BCUT2D eigenvalue weighted by Gasteiger charge is 2.40. The highest BCUT2D eigenvalue weighted by molar-refractivity contribution is 6.32. The van der Waals surface area contributed by atoms with Gasteiger partial charge in [-0.25, -0.2) is 4.39 Å². The number of hydrogen-bond donors (Lipinski definition) is 3. The summed E-state index contributed by atoms with van der Waals surface area (Å²) in [7, 11) is 0. The van der Waals surface area contributed by atoms with Gasteiger partial charge in [0.25, 0.3) is 5.91 Å². The van der Waals surface area contributed by atoms with E-state index in [-0.39, 0.29) is 34.9 Å². The topological polar surface area (TPSA) is 95.2 Å². The fourth-order valence-electron chi connectivity index (χ4n) is 4.17. The zero-order valence-corrected chi connectivity index (χ0v) is 22.5. The molecule has 13 heteroatoms. The number of amides is 1. The number of aromatic nitrogens is 3. The van der Waals surface area contributed by atoms with Gasteiger partial charge in [-0.2, -0.15) is 18.3 Å². The van der Waals surface area contributed by atoms with Crippen LogP contribution in [0.25, 0.3) is 10.9 Å². The minimum atomic E-state index is -4.87. The van der Waals surface area contributed by atoms with E-state index in [0.717, 1.165) is 19.3 Å². The van der Waals surface area contributed by atoms with Crippen LogP contribution in [0.3, 0.4) is 0 Å². The number of carbonyl (C=O) groups is 1. The van der Waals surface area contributed by atoms with Crippen LogP contribution in [0, 0.1) is 5.82 Å². The number of hydrogen-bond acceptors (Lipinski definition) is 6. The average Bonchev–Trinajstić information content (AvgIpc) is 3.32. The summed E-state index contributed by atoms with van der Waals surface area (Å²) in [5, 5.41) is 12.8. The smallest absolute Gasteiger partial charge is 0.419 e. The Morgan fingerprint density at radius 1 is 1.15 bits per heavy atom. The summed E-state index contributed by atoms with van der Waals surface area (Å²) in [6.07, 6.45) is -3.74. The normalized spacial score (nSPS) is 11.7. The summed E-state index contributed by atoms with van der Waals surface area (Å²) in [4.78, 5) is 17.4. The summed E-state index contributed by atoms with van der Waals surface area (Å²) < 4.78 is 61.9. The van der Waals surface area contributed by atoms with Gasteiger partial charge in [0.1, 0.15) is 23.9 Å². The molecule has 0 atom stereocenters. The monoisotopic (exact) mass is 578 g/mol. The number of ether oxygens (including phenoxy) is 1. The van der Waals surface area contributed by atoms with E-state index < -0.39 is 29.2 Å². The van der Waals surface area contributed by atoms with Crippen LogP contribution in [0.4, 0.5) is 29.1 Å². The van der Waals surface area contributed by atoms with E-state index in [2.05, 4.69) is 25.8 Å². The quantitative estimate of drug-likeness (QED) is 0.184. The van der Waals surface area contributed by atoms with Crippen molar-refractivity contribution < 1.29 is 27.1 Å². The maximum Gasteiger partial charge on any atom is 0.419 e. The van der Waals surface area contributed by atoms with Crippen molar-refractivity contribution in [2.75, 3.05) is 31.5 Å². The second kappa shape index (κ2) is 12.5. The van der Waals surface area contributed by atoms with Gasteiger partial charge >= 0.3 is 6.18 Å². The van der Waals surface area contributed by atoms with Crippen LogP contribution in [-0.4, -0.2) is 52.2 Å². The molecule has 8 nitrogen and oxygen atoms in total. The van der Waals surface area contributed by atoms with Crippen LogP contribution in [0.15, 0.2) is 48.7 Å². The molecule has 40 heavy (non-hydrogen) atoms. The largest absolute Gasteiger partial charge is 0.487 e. The zero-order valence-electron chi connectivity index (χ0n) is 21.7. The summed E-state index contributed by atoms with van der Waals surface area (Å²) in [6, 6.07) is 10.4. The van der Waals surface area contributed by atoms with E-state index in [4.69, 9.17) is 16.3 Å². The second-order valence-corrected chi connectivity index (χ2v) is 9.23. The van der Waals surface area contributed by atoms with Gasteiger partial charge in [0.05, 0.1) is 27.7 Å². The third kappa shape index (κ3) is 6.80. The van der Waals surface area contributed by atoms with Crippen molar-refractivity contribution in [1.29, 1.82) is 0 Å². The Labute approximate surface area is 232 Å². The van der Waals surface area contributed by atoms with Gasteiger partial charge in [0, 0.05) is 18.8 Å². The van der Waals surface area contributed by atoms with Crippen molar-refractivity contribution in [2.24, 2.45) is 0 Å².